The van der Waals surface area contributed by atoms with Crippen LogP contribution >= 0.6 is 0 Å². The third kappa shape index (κ3) is 3.53. The topological polar surface area (TPSA) is 84.9 Å². The van der Waals surface area contributed by atoms with Gasteiger partial charge in [0, 0.05) is 32.0 Å². The maximum absolute atomic E-state index is 13.0. The van der Waals surface area contributed by atoms with E-state index in [1.807, 2.05) is 33.6 Å². The standard InChI is InChI=1S/C20H25N5O3/c1-14(2)10-25-17(5-6-22-25)18-9-21-19-4-3-15(11-24(18)19)20(27)23-7-8-28-16(12-23)13-26/h3-6,9,11,14,16,26H,7-8,10,12-13H2,1-2H3/t16-/m1/s1. The second kappa shape index (κ2) is 7.73. The van der Waals surface area contributed by atoms with Crippen LogP contribution in [0.15, 0.2) is 36.8 Å². The van der Waals surface area contributed by atoms with Crippen LogP contribution in [-0.4, -0.2) is 67.5 Å². The molecule has 3 aromatic heterocycles. The summed E-state index contributed by atoms with van der Waals surface area (Å²) in [5.41, 5.74) is 3.23. The molecule has 4 heterocycles. The Hall–Kier alpha value is -2.71. The Balaban J connectivity index is 1.67. The van der Waals surface area contributed by atoms with Gasteiger partial charge in [-0.1, -0.05) is 13.8 Å². The van der Waals surface area contributed by atoms with E-state index in [1.54, 1.807) is 17.2 Å². The van der Waals surface area contributed by atoms with Crippen molar-refractivity contribution in [2.45, 2.75) is 26.5 Å². The van der Waals surface area contributed by atoms with Gasteiger partial charge in [0.25, 0.3) is 5.91 Å². The molecule has 28 heavy (non-hydrogen) atoms. The zero-order chi connectivity index (χ0) is 19.7. The quantitative estimate of drug-likeness (QED) is 0.725. The SMILES string of the molecule is CC(C)Cn1nccc1-c1cnc2ccc(C(=O)N3CCO[C@@H](CO)C3)cn12. The van der Waals surface area contributed by atoms with E-state index in [2.05, 4.69) is 23.9 Å². The van der Waals surface area contributed by atoms with E-state index in [9.17, 15) is 9.90 Å². The molecule has 8 nitrogen and oxygen atoms in total. The number of nitrogens with zero attached hydrogens (tertiary/aromatic N) is 5. The molecule has 1 saturated heterocycles. The van der Waals surface area contributed by atoms with Gasteiger partial charge in [-0.2, -0.15) is 5.10 Å². The first-order valence-corrected chi connectivity index (χ1v) is 9.58. The van der Waals surface area contributed by atoms with Crippen molar-refractivity contribution in [3.63, 3.8) is 0 Å². The van der Waals surface area contributed by atoms with Gasteiger partial charge in [0.2, 0.25) is 0 Å². The number of hydrogen-bond donors (Lipinski definition) is 1. The number of hydrogen-bond acceptors (Lipinski definition) is 5. The number of carbonyl (C=O) groups excluding carboxylic acids is 1. The van der Waals surface area contributed by atoms with Crippen LogP contribution in [0.1, 0.15) is 24.2 Å². The van der Waals surface area contributed by atoms with Crippen molar-refractivity contribution >= 4 is 11.6 Å². The lowest BCUT2D eigenvalue weighted by Crippen LogP contribution is -2.46. The number of ether oxygens (including phenoxy) is 1. The van der Waals surface area contributed by atoms with Crippen LogP contribution in [0.25, 0.3) is 17.0 Å². The molecule has 0 saturated carbocycles. The number of aromatic nitrogens is 4. The van der Waals surface area contributed by atoms with Crippen LogP contribution in [0.4, 0.5) is 0 Å². The smallest absolute Gasteiger partial charge is 0.255 e. The fraction of sp³-hybridized carbons (Fsp3) is 0.450. The van der Waals surface area contributed by atoms with Crippen molar-refractivity contribution in [2.75, 3.05) is 26.3 Å². The molecular formula is C20H25N5O3. The summed E-state index contributed by atoms with van der Waals surface area (Å²) in [6, 6.07) is 5.61. The highest BCUT2D eigenvalue weighted by atomic mass is 16.5. The van der Waals surface area contributed by atoms with Crippen LogP contribution in [0.5, 0.6) is 0 Å². The first-order valence-electron chi connectivity index (χ1n) is 9.58. The monoisotopic (exact) mass is 383 g/mol. The average molecular weight is 383 g/mol. The number of pyridine rings is 1. The highest BCUT2D eigenvalue weighted by Gasteiger charge is 2.25. The minimum absolute atomic E-state index is 0.0704. The van der Waals surface area contributed by atoms with E-state index in [4.69, 9.17) is 4.74 Å². The third-order valence-electron chi connectivity index (χ3n) is 4.90. The Labute approximate surface area is 163 Å². The van der Waals surface area contributed by atoms with Crippen molar-refractivity contribution in [1.29, 1.82) is 0 Å². The number of carbonyl (C=O) groups is 1. The van der Waals surface area contributed by atoms with Crippen LogP contribution in [0.3, 0.4) is 0 Å². The number of morpholine rings is 1. The Morgan fingerprint density at radius 3 is 2.96 bits per heavy atom. The van der Waals surface area contributed by atoms with Crippen LogP contribution in [0, 0.1) is 5.92 Å². The van der Waals surface area contributed by atoms with Crippen LogP contribution < -0.4 is 0 Å². The van der Waals surface area contributed by atoms with Crippen molar-refractivity contribution in [2.24, 2.45) is 5.92 Å². The molecular weight excluding hydrogens is 358 g/mol. The minimum Gasteiger partial charge on any atom is -0.394 e. The van der Waals surface area contributed by atoms with E-state index >= 15 is 0 Å². The predicted molar refractivity (Wildman–Crippen MR) is 104 cm³/mol. The fourth-order valence-corrected chi connectivity index (χ4v) is 3.54. The maximum Gasteiger partial charge on any atom is 0.255 e. The van der Waals surface area contributed by atoms with Gasteiger partial charge < -0.3 is 14.7 Å². The van der Waals surface area contributed by atoms with Gasteiger partial charge in [-0.15, -0.1) is 0 Å². The average Bonchev–Trinajstić information content (AvgIpc) is 3.32. The van der Waals surface area contributed by atoms with E-state index in [1.165, 1.54) is 0 Å². The van der Waals surface area contributed by atoms with Gasteiger partial charge in [-0.25, -0.2) is 4.98 Å². The van der Waals surface area contributed by atoms with Gasteiger partial charge in [-0.05, 0) is 24.1 Å². The fourth-order valence-electron chi connectivity index (χ4n) is 3.54. The Morgan fingerprint density at radius 1 is 1.32 bits per heavy atom. The zero-order valence-corrected chi connectivity index (χ0v) is 16.2. The van der Waals surface area contributed by atoms with Crippen molar-refractivity contribution in [3.8, 4) is 11.4 Å². The molecule has 8 heteroatoms. The normalized spacial score (nSPS) is 17.6. The molecule has 3 aromatic rings. The molecule has 0 unspecified atom stereocenters. The molecule has 1 aliphatic heterocycles. The first kappa shape index (κ1) is 18.6. The van der Waals surface area contributed by atoms with Gasteiger partial charge >= 0.3 is 0 Å². The molecule has 0 aliphatic carbocycles. The van der Waals surface area contributed by atoms with Crippen molar-refractivity contribution in [3.05, 3.63) is 42.4 Å². The lowest BCUT2D eigenvalue weighted by Gasteiger charge is -2.32. The third-order valence-corrected chi connectivity index (χ3v) is 4.90. The first-order chi connectivity index (χ1) is 13.6. The Bertz CT molecular complexity index is 977. The van der Waals surface area contributed by atoms with Gasteiger partial charge in [0.1, 0.15) is 5.65 Å². The summed E-state index contributed by atoms with van der Waals surface area (Å²) in [7, 11) is 0. The molecule has 0 aromatic carbocycles. The molecule has 4 rings (SSSR count). The summed E-state index contributed by atoms with van der Waals surface area (Å²) in [4.78, 5) is 19.2. The maximum atomic E-state index is 13.0. The molecule has 1 aliphatic rings. The predicted octanol–water partition coefficient (Wildman–Crippen LogP) is 1.69. The Morgan fingerprint density at radius 2 is 2.18 bits per heavy atom. The number of imidazole rings is 1. The summed E-state index contributed by atoms with van der Waals surface area (Å²) < 4.78 is 9.35. The summed E-state index contributed by atoms with van der Waals surface area (Å²) in [6.45, 7) is 6.37. The van der Waals surface area contributed by atoms with Crippen molar-refractivity contribution in [1.82, 2.24) is 24.1 Å². The summed E-state index contributed by atoms with van der Waals surface area (Å²) >= 11 is 0. The van der Waals surface area contributed by atoms with Crippen molar-refractivity contribution < 1.29 is 14.6 Å². The molecule has 0 spiro atoms. The summed E-state index contributed by atoms with van der Waals surface area (Å²) in [6.07, 6.45) is 5.11. The van der Waals surface area contributed by atoms with Crippen LogP contribution in [0.2, 0.25) is 0 Å². The second-order valence-corrected chi connectivity index (χ2v) is 7.51. The molecule has 1 amide bonds. The number of amides is 1. The molecule has 1 fully saturated rings. The molecule has 0 radical (unpaired) electrons. The number of rotatable bonds is 5. The number of aliphatic hydroxyl groups is 1. The summed E-state index contributed by atoms with van der Waals surface area (Å²) in [5.74, 6) is 0.398. The zero-order valence-electron chi connectivity index (χ0n) is 16.2. The molecule has 1 atom stereocenters. The van der Waals surface area contributed by atoms with Crippen LogP contribution in [-0.2, 0) is 11.3 Å². The number of aliphatic hydroxyl groups excluding tert-OH is 1. The highest BCUT2D eigenvalue weighted by Crippen LogP contribution is 2.22. The second-order valence-electron chi connectivity index (χ2n) is 7.51. The lowest BCUT2D eigenvalue weighted by molar-refractivity contribution is -0.0447. The van der Waals surface area contributed by atoms with E-state index in [-0.39, 0.29) is 18.6 Å². The molecule has 148 valence electrons. The molecule has 0 bridgehead atoms. The Kier molecular flexibility index (Phi) is 5.15. The highest BCUT2D eigenvalue weighted by molar-refractivity contribution is 5.94. The molecule has 1 N–H and O–H groups in total. The van der Waals surface area contributed by atoms with E-state index < -0.39 is 0 Å². The summed E-state index contributed by atoms with van der Waals surface area (Å²) in [5, 5.41) is 13.8. The van der Waals surface area contributed by atoms with Gasteiger partial charge in [0.15, 0.2) is 0 Å². The largest absolute Gasteiger partial charge is 0.394 e. The van der Waals surface area contributed by atoms with Gasteiger partial charge in [0.05, 0.1) is 42.5 Å². The van der Waals surface area contributed by atoms with Gasteiger partial charge in [-0.3, -0.25) is 13.9 Å². The van der Waals surface area contributed by atoms with E-state index in [0.717, 1.165) is 23.6 Å². The minimum atomic E-state index is -0.323. The number of fused-ring (bicyclic) bond motifs is 1. The van der Waals surface area contributed by atoms with E-state index in [0.29, 0.717) is 31.2 Å². The lowest BCUT2D eigenvalue weighted by atomic mass is 10.2.